The van der Waals surface area contributed by atoms with Gasteiger partial charge in [0.1, 0.15) is 0 Å². The van der Waals surface area contributed by atoms with Crippen LogP contribution < -0.4 is 16.0 Å². The quantitative estimate of drug-likeness (QED) is 0.794. The molecular weight excluding hydrogens is 292 g/mol. The Morgan fingerprint density at radius 1 is 1.04 bits per heavy atom. The van der Waals surface area contributed by atoms with E-state index in [2.05, 4.69) is 20.9 Å². The van der Waals surface area contributed by atoms with Crippen LogP contribution in [0.25, 0.3) is 0 Å². The van der Waals surface area contributed by atoms with Gasteiger partial charge in [0.25, 0.3) is 0 Å². The zero-order chi connectivity index (χ0) is 16.1. The maximum absolute atomic E-state index is 11.8. The van der Waals surface area contributed by atoms with Crippen molar-refractivity contribution in [1.82, 2.24) is 10.3 Å². The molecule has 0 saturated heterocycles. The third-order valence-corrected chi connectivity index (χ3v) is 3.53. The van der Waals surface area contributed by atoms with Crippen molar-refractivity contribution in [3.05, 3.63) is 54.4 Å². The molecule has 1 saturated carbocycles. The lowest BCUT2D eigenvalue weighted by Gasteiger charge is -2.09. The normalized spacial score (nSPS) is 13.2. The van der Waals surface area contributed by atoms with Crippen molar-refractivity contribution in [2.45, 2.75) is 19.4 Å². The Hall–Kier alpha value is -2.89. The summed E-state index contributed by atoms with van der Waals surface area (Å²) in [6, 6.07) is 10.5. The monoisotopic (exact) mass is 310 g/mol. The number of nitrogens with zero attached hydrogens (tertiary/aromatic N) is 1. The Labute approximate surface area is 134 Å². The molecule has 1 fully saturated rings. The second kappa shape index (κ2) is 6.91. The van der Waals surface area contributed by atoms with Crippen LogP contribution in [0.2, 0.25) is 0 Å². The molecule has 0 aliphatic heterocycles. The minimum Gasteiger partial charge on any atom is -0.334 e. The van der Waals surface area contributed by atoms with Gasteiger partial charge in [-0.25, -0.2) is 4.79 Å². The summed E-state index contributed by atoms with van der Waals surface area (Å²) in [5, 5.41) is 8.36. The van der Waals surface area contributed by atoms with Gasteiger partial charge in [0.2, 0.25) is 5.91 Å². The second-order valence-electron chi connectivity index (χ2n) is 5.51. The summed E-state index contributed by atoms with van der Waals surface area (Å²) in [5.41, 5.74) is 2.34. The van der Waals surface area contributed by atoms with Crippen molar-refractivity contribution in [2.24, 2.45) is 5.92 Å². The van der Waals surface area contributed by atoms with E-state index in [9.17, 15) is 9.59 Å². The molecule has 3 N–H and O–H groups in total. The highest BCUT2D eigenvalue weighted by molar-refractivity contribution is 5.94. The van der Waals surface area contributed by atoms with Crippen LogP contribution in [-0.2, 0) is 11.3 Å². The van der Waals surface area contributed by atoms with Crippen LogP contribution in [0.15, 0.2) is 48.8 Å². The maximum atomic E-state index is 11.8. The van der Waals surface area contributed by atoms with E-state index in [1.54, 1.807) is 36.7 Å². The average Bonchev–Trinajstić information content (AvgIpc) is 3.41. The van der Waals surface area contributed by atoms with Gasteiger partial charge in [-0.15, -0.1) is 0 Å². The third kappa shape index (κ3) is 4.54. The number of hydrogen-bond donors (Lipinski definition) is 3. The molecule has 1 aromatic carbocycles. The number of rotatable bonds is 5. The smallest absolute Gasteiger partial charge is 0.319 e. The first-order valence-corrected chi connectivity index (χ1v) is 7.55. The molecule has 6 nitrogen and oxygen atoms in total. The van der Waals surface area contributed by atoms with E-state index >= 15 is 0 Å². The highest BCUT2D eigenvalue weighted by Crippen LogP contribution is 2.30. The summed E-state index contributed by atoms with van der Waals surface area (Å²) < 4.78 is 0. The summed E-state index contributed by atoms with van der Waals surface area (Å²) >= 11 is 0. The Morgan fingerprint density at radius 3 is 2.35 bits per heavy atom. The predicted molar refractivity (Wildman–Crippen MR) is 87.9 cm³/mol. The first kappa shape index (κ1) is 15.0. The fraction of sp³-hybridized carbons (Fsp3) is 0.235. The van der Waals surface area contributed by atoms with Crippen LogP contribution in [0.1, 0.15) is 18.4 Å². The number of carbonyl (C=O) groups excluding carboxylic acids is 2. The topological polar surface area (TPSA) is 83.1 Å². The van der Waals surface area contributed by atoms with Crippen molar-refractivity contribution >= 4 is 23.3 Å². The molecule has 118 valence electrons. The van der Waals surface area contributed by atoms with E-state index in [1.165, 1.54) is 0 Å². The van der Waals surface area contributed by atoms with E-state index in [0.717, 1.165) is 24.1 Å². The van der Waals surface area contributed by atoms with Crippen LogP contribution >= 0.6 is 0 Å². The minimum absolute atomic E-state index is 0.0694. The number of benzene rings is 1. The number of urea groups is 1. The van der Waals surface area contributed by atoms with Gasteiger partial charge < -0.3 is 16.0 Å². The Morgan fingerprint density at radius 2 is 1.74 bits per heavy atom. The number of hydrogen-bond acceptors (Lipinski definition) is 3. The molecule has 2 aromatic rings. The largest absolute Gasteiger partial charge is 0.334 e. The fourth-order valence-electron chi connectivity index (χ4n) is 2.09. The lowest BCUT2D eigenvalue weighted by Crippen LogP contribution is -2.28. The average molecular weight is 310 g/mol. The molecule has 0 bridgehead atoms. The van der Waals surface area contributed by atoms with Crippen molar-refractivity contribution in [1.29, 1.82) is 0 Å². The Balaban J connectivity index is 1.47. The Kier molecular flexibility index (Phi) is 4.52. The van der Waals surface area contributed by atoms with E-state index in [4.69, 9.17) is 0 Å². The molecule has 3 rings (SSSR count). The van der Waals surface area contributed by atoms with Gasteiger partial charge in [-0.3, -0.25) is 9.78 Å². The number of anilines is 2. The minimum atomic E-state index is -0.288. The highest BCUT2D eigenvalue weighted by atomic mass is 16.2. The molecule has 0 atom stereocenters. The van der Waals surface area contributed by atoms with E-state index in [-0.39, 0.29) is 17.9 Å². The van der Waals surface area contributed by atoms with Crippen LogP contribution in [0.3, 0.4) is 0 Å². The van der Waals surface area contributed by atoms with E-state index in [0.29, 0.717) is 12.2 Å². The third-order valence-electron chi connectivity index (χ3n) is 3.53. The zero-order valence-electron chi connectivity index (χ0n) is 12.6. The van der Waals surface area contributed by atoms with Crippen molar-refractivity contribution < 1.29 is 9.59 Å². The van der Waals surface area contributed by atoms with Crippen molar-refractivity contribution in [3.63, 3.8) is 0 Å². The van der Waals surface area contributed by atoms with Crippen molar-refractivity contribution in [3.8, 4) is 0 Å². The summed E-state index contributed by atoms with van der Waals surface area (Å²) in [6.45, 7) is 0.412. The summed E-state index contributed by atoms with van der Waals surface area (Å²) in [7, 11) is 0. The first-order chi connectivity index (χ1) is 11.2. The summed E-state index contributed by atoms with van der Waals surface area (Å²) in [6.07, 6.45) is 5.34. The van der Waals surface area contributed by atoms with Crippen LogP contribution in [0.5, 0.6) is 0 Å². The maximum Gasteiger partial charge on any atom is 0.319 e. The molecular formula is C17H18N4O2. The number of aromatic nitrogens is 1. The number of nitrogens with one attached hydrogen (secondary N) is 3. The molecule has 3 amide bonds. The molecule has 1 aromatic heterocycles. The fourth-order valence-corrected chi connectivity index (χ4v) is 2.09. The van der Waals surface area contributed by atoms with Crippen LogP contribution in [-0.4, -0.2) is 16.9 Å². The number of carbonyl (C=O) groups is 2. The molecule has 1 heterocycles. The van der Waals surface area contributed by atoms with Gasteiger partial charge in [-0.2, -0.15) is 0 Å². The summed E-state index contributed by atoms with van der Waals surface area (Å²) in [5.74, 6) is 0.242. The first-order valence-electron chi connectivity index (χ1n) is 7.55. The molecule has 6 heteroatoms. The van der Waals surface area contributed by atoms with Crippen LogP contribution in [0.4, 0.5) is 16.2 Å². The molecule has 0 radical (unpaired) electrons. The second-order valence-corrected chi connectivity index (χ2v) is 5.51. The van der Waals surface area contributed by atoms with Gasteiger partial charge in [0.15, 0.2) is 0 Å². The lowest BCUT2D eigenvalue weighted by molar-refractivity contribution is -0.117. The Bertz CT molecular complexity index is 681. The lowest BCUT2D eigenvalue weighted by atomic mass is 10.2. The number of pyridine rings is 1. The van der Waals surface area contributed by atoms with Gasteiger partial charge in [0.05, 0.1) is 0 Å². The predicted octanol–water partition coefficient (Wildman–Crippen LogP) is 2.75. The van der Waals surface area contributed by atoms with Crippen LogP contribution in [0, 0.1) is 5.92 Å². The molecule has 1 aliphatic rings. The SMILES string of the molecule is O=C(NCc1cccnc1)Nc1ccc(NC(=O)C2CC2)cc1. The molecule has 0 spiro atoms. The molecule has 1 aliphatic carbocycles. The van der Waals surface area contributed by atoms with Gasteiger partial charge in [-0.1, -0.05) is 6.07 Å². The number of amides is 3. The highest BCUT2D eigenvalue weighted by Gasteiger charge is 2.29. The van der Waals surface area contributed by atoms with Gasteiger partial charge >= 0.3 is 6.03 Å². The molecule has 23 heavy (non-hydrogen) atoms. The molecule has 0 unspecified atom stereocenters. The van der Waals surface area contributed by atoms with E-state index in [1.807, 2.05) is 12.1 Å². The van der Waals surface area contributed by atoms with Gasteiger partial charge in [-0.05, 0) is 48.7 Å². The zero-order valence-corrected chi connectivity index (χ0v) is 12.6. The van der Waals surface area contributed by atoms with Gasteiger partial charge in [0, 0.05) is 36.2 Å². The van der Waals surface area contributed by atoms with Crippen molar-refractivity contribution in [2.75, 3.05) is 10.6 Å². The standard InChI is InChI=1S/C17H18N4O2/c22-16(13-3-4-13)20-14-5-7-15(8-6-14)21-17(23)19-11-12-2-1-9-18-10-12/h1-2,5-10,13H,3-4,11H2,(H,20,22)(H2,19,21,23). The summed E-state index contributed by atoms with van der Waals surface area (Å²) in [4.78, 5) is 27.5. The van der Waals surface area contributed by atoms with E-state index < -0.39 is 0 Å².